The molecule has 27 heavy (non-hydrogen) atoms. The van der Waals surface area contributed by atoms with Gasteiger partial charge in [0.1, 0.15) is 24.1 Å². The molecule has 2 aliphatic heterocycles. The van der Waals surface area contributed by atoms with Gasteiger partial charge in [0, 0.05) is 0 Å². The molecule has 0 radical (unpaired) electrons. The van der Waals surface area contributed by atoms with Crippen molar-refractivity contribution in [2.45, 2.75) is 57.5 Å². The van der Waals surface area contributed by atoms with E-state index in [1.165, 1.54) is 0 Å². The summed E-state index contributed by atoms with van der Waals surface area (Å²) in [5.74, 6) is 0.751. The van der Waals surface area contributed by atoms with Crippen molar-refractivity contribution in [1.82, 2.24) is 0 Å². The summed E-state index contributed by atoms with van der Waals surface area (Å²) in [4.78, 5) is 0. The third-order valence-corrected chi connectivity index (χ3v) is 4.96. The van der Waals surface area contributed by atoms with E-state index in [1.807, 2.05) is 74.5 Å². The van der Waals surface area contributed by atoms with E-state index in [-0.39, 0.29) is 31.5 Å². The summed E-state index contributed by atoms with van der Waals surface area (Å²) in [5.41, 5.74) is 1.12. The normalized spacial score (nSPS) is 30.1. The lowest BCUT2D eigenvalue weighted by molar-refractivity contribution is -0.251. The van der Waals surface area contributed by atoms with Crippen LogP contribution >= 0.6 is 0 Å². The highest BCUT2D eigenvalue weighted by atomic mass is 16.7. The van der Waals surface area contributed by atoms with Gasteiger partial charge in [-0.2, -0.15) is 0 Å². The molecule has 2 fully saturated rings. The molecule has 4 rings (SSSR count). The zero-order chi connectivity index (χ0) is 18.6. The first-order valence-electron chi connectivity index (χ1n) is 9.58. The Balaban J connectivity index is 1.48. The first-order valence-corrected chi connectivity index (χ1v) is 9.58. The summed E-state index contributed by atoms with van der Waals surface area (Å²) >= 11 is 0. The molecule has 0 spiro atoms. The summed E-state index contributed by atoms with van der Waals surface area (Å²) < 4.78 is 30.6. The lowest BCUT2D eigenvalue weighted by atomic mass is 9.87. The molecule has 142 valence electrons. The van der Waals surface area contributed by atoms with Gasteiger partial charge in [0.15, 0.2) is 0 Å². The van der Waals surface area contributed by atoms with Crippen molar-refractivity contribution in [2.75, 3.05) is 0 Å². The van der Waals surface area contributed by atoms with Crippen LogP contribution in [-0.4, -0.2) is 37.8 Å². The lowest BCUT2D eigenvalue weighted by Gasteiger charge is -2.41. The Morgan fingerprint density at radius 2 is 1.59 bits per heavy atom. The number of rotatable bonds is 6. The van der Waals surface area contributed by atoms with E-state index >= 15 is 0 Å². The van der Waals surface area contributed by atoms with Crippen LogP contribution in [0.5, 0.6) is 5.75 Å². The van der Waals surface area contributed by atoms with Gasteiger partial charge in [-0.05, 0) is 30.9 Å². The van der Waals surface area contributed by atoms with E-state index in [9.17, 15) is 0 Å². The lowest BCUT2D eigenvalue weighted by Crippen LogP contribution is -2.57. The third kappa shape index (κ3) is 4.19. The van der Waals surface area contributed by atoms with Crippen LogP contribution in [0.4, 0.5) is 0 Å². The zero-order valence-corrected chi connectivity index (χ0v) is 15.7. The number of hydrogen-bond donors (Lipinski definition) is 0. The Morgan fingerprint density at radius 3 is 2.30 bits per heavy atom. The summed E-state index contributed by atoms with van der Waals surface area (Å²) in [7, 11) is -0.265. The topological polar surface area (TPSA) is 46.2 Å². The number of para-hydroxylation sites is 1. The zero-order valence-electron chi connectivity index (χ0n) is 15.7. The van der Waals surface area contributed by atoms with Crippen molar-refractivity contribution in [3.05, 3.63) is 66.2 Å². The predicted molar refractivity (Wildman–Crippen MR) is 102 cm³/mol. The van der Waals surface area contributed by atoms with E-state index < -0.39 is 6.29 Å². The van der Waals surface area contributed by atoms with Crippen LogP contribution < -0.4 is 4.74 Å². The van der Waals surface area contributed by atoms with Crippen molar-refractivity contribution in [3.63, 3.8) is 0 Å². The fraction of sp³-hybridized carbons (Fsp3) is 0.429. The van der Waals surface area contributed by atoms with Crippen LogP contribution in [0.1, 0.15) is 19.4 Å². The van der Waals surface area contributed by atoms with E-state index in [0.717, 1.165) is 17.6 Å². The van der Waals surface area contributed by atoms with E-state index in [4.69, 9.17) is 23.5 Å². The highest BCUT2D eigenvalue weighted by Gasteiger charge is 2.54. The second kappa shape index (κ2) is 8.44. The predicted octanol–water partition coefficient (Wildman–Crippen LogP) is 3.69. The van der Waals surface area contributed by atoms with Gasteiger partial charge in [-0.1, -0.05) is 55.5 Å². The molecule has 2 aromatic carbocycles. The number of ether oxygens (including phenoxy) is 3. The second-order valence-electron chi connectivity index (χ2n) is 6.94. The van der Waals surface area contributed by atoms with E-state index in [0.29, 0.717) is 6.61 Å². The minimum atomic E-state index is -0.527. The molecule has 0 aliphatic carbocycles. The number of hydrogen-bond acceptors (Lipinski definition) is 5. The molecule has 0 amide bonds. The van der Waals surface area contributed by atoms with Crippen LogP contribution in [-0.2, 0) is 25.4 Å². The van der Waals surface area contributed by atoms with E-state index in [2.05, 4.69) is 0 Å². The fourth-order valence-corrected chi connectivity index (χ4v) is 3.57. The van der Waals surface area contributed by atoms with Gasteiger partial charge in [-0.15, -0.1) is 0 Å². The van der Waals surface area contributed by atoms with Crippen molar-refractivity contribution < 1.29 is 23.5 Å². The Bertz CT molecular complexity index is 713. The maximum Gasteiger partial charge on any atom is 0.457 e. The van der Waals surface area contributed by atoms with Gasteiger partial charge in [0.2, 0.25) is 6.29 Å². The molecule has 2 heterocycles. The maximum atomic E-state index is 6.20. The largest absolute Gasteiger partial charge is 0.462 e. The van der Waals surface area contributed by atoms with Crippen LogP contribution in [0.3, 0.4) is 0 Å². The minimum Gasteiger partial charge on any atom is -0.462 e. The minimum absolute atomic E-state index is 0.178. The van der Waals surface area contributed by atoms with Gasteiger partial charge in [0.25, 0.3) is 0 Å². The van der Waals surface area contributed by atoms with Gasteiger partial charge in [-0.25, -0.2) is 0 Å². The van der Waals surface area contributed by atoms with Crippen molar-refractivity contribution >= 4 is 7.12 Å². The van der Waals surface area contributed by atoms with Crippen LogP contribution in [0.25, 0.3) is 0 Å². The van der Waals surface area contributed by atoms with Crippen molar-refractivity contribution in [2.24, 2.45) is 0 Å². The quantitative estimate of drug-likeness (QED) is 0.728. The summed E-state index contributed by atoms with van der Waals surface area (Å²) in [6.45, 7) is 4.54. The maximum absolute atomic E-state index is 6.20. The molecule has 0 aromatic heterocycles. The summed E-state index contributed by atoms with van der Waals surface area (Å²) in [6.07, 6.45) is -0.709. The average Bonchev–Trinajstić information content (AvgIpc) is 3.14. The highest BCUT2D eigenvalue weighted by Crippen LogP contribution is 2.35. The molecular weight excluding hydrogens is 343 g/mol. The molecule has 0 N–H and O–H groups in total. The van der Waals surface area contributed by atoms with Crippen LogP contribution in [0, 0.1) is 0 Å². The molecule has 5 atom stereocenters. The van der Waals surface area contributed by atoms with E-state index in [1.54, 1.807) is 0 Å². The van der Waals surface area contributed by atoms with Gasteiger partial charge in [-0.3, -0.25) is 0 Å². The smallest absolute Gasteiger partial charge is 0.457 e. The molecule has 0 saturated carbocycles. The van der Waals surface area contributed by atoms with Gasteiger partial charge in [0.05, 0.1) is 12.7 Å². The molecule has 6 heteroatoms. The number of fused-ring (bicyclic) bond motifs is 1. The summed E-state index contributed by atoms with van der Waals surface area (Å²) in [5, 5.41) is 0. The summed E-state index contributed by atoms with van der Waals surface area (Å²) in [6, 6.07) is 19.8. The highest BCUT2D eigenvalue weighted by molar-refractivity contribution is 6.45. The van der Waals surface area contributed by atoms with Gasteiger partial charge >= 0.3 is 7.12 Å². The van der Waals surface area contributed by atoms with Crippen LogP contribution in [0.15, 0.2) is 60.7 Å². The first kappa shape index (κ1) is 18.5. The molecule has 5 unspecified atom stereocenters. The van der Waals surface area contributed by atoms with Crippen LogP contribution in [0.2, 0.25) is 6.32 Å². The average molecular weight is 368 g/mol. The monoisotopic (exact) mass is 368 g/mol. The fourth-order valence-electron chi connectivity index (χ4n) is 3.57. The molecule has 5 nitrogen and oxygen atoms in total. The molecular formula is C21H25BO5. The molecule has 2 saturated heterocycles. The molecule has 0 bridgehead atoms. The Labute approximate surface area is 160 Å². The Kier molecular flexibility index (Phi) is 5.79. The number of benzene rings is 2. The van der Waals surface area contributed by atoms with Crippen molar-refractivity contribution in [1.29, 1.82) is 0 Å². The molecule has 2 aromatic rings. The first-order chi connectivity index (χ1) is 13.2. The SMILES string of the molecule is CCB1OC2C(Oc3ccccc3)OC(C)C(OCc3ccccc3)C2O1. The standard InChI is InChI=1S/C21H25BO5/c1-3-22-26-19-18(23-14-16-10-6-4-7-11-16)15(2)24-21(20(19)27-22)25-17-12-8-5-9-13-17/h4-13,15,18-21H,3,14H2,1-2H3. The van der Waals surface area contributed by atoms with Gasteiger partial charge < -0.3 is 23.5 Å². The third-order valence-electron chi connectivity index (χ3n) is 4.96. The Morgan fingerprint density at radius 1 is 0.926 bits per heavy atom. The second-order valence-corrected chi connectivity index (χ2v) is 6.94. The Hall–Kier alpha value is -1.86. The molecule has 2 aliphatic rings. The van der Waals surface area contributed by atoms with Crippen molar-refractivity contribution in [3.8, 4) is 5.75 Å².